The molecule has 4 nitrogen and oxygen atoms in total. The minimum atomic E-state index is -0.436. The highest BCUT2D eigenvalue weighted by Crippen LogP contribution is 2.32. The molecule has 0 spiro atoms. The summed E-state index contributed by atoms with van der Waals surface area (Å²) in [7, 11) is 0. The van der Waals surface area contributed by atoms with Crippen molar-refractivity contribution < 1.29 is 19.1 Å². The molecule has 1 rings (SSSR count). The predicted molar refractivity (Wildman–Crippen MR) is 81.7 cm³/mol. The lowest BCUT2D eigenvalue weighted by Gasteiger charge is -2.18. The van der Waals surface area contributed by atoms with E-state index in [1.807, 2.05) is 19.9 Å². The Morgan fingerprint density at radius 3 is 2.24 bits per heavy atom. The largest absolute Gasteiger partial charge is 0.462 e. The third-order valence-electron chi connectivity index (χ3n) is 3.39. The predicted octanol–water partition coefficient (Wildman–Crippen LogP) is 3.57. The van der Waals surface area contributed by atoms with E-state index in [9.17, 15) is 9.59 Å². The number of carbonyl (C=O) groups excluding carboxylic acids is 2. The van der Waals surface area contributed by atoms with Gasteiger partial charge in [0.15, 0.2) is 0 Å². The highest BCUT2D eigenvalue weighted by molar-refractivity contribution is 6.02. The molecule has 0 heterocycles. The van der Waals surface area contributed by atoms with Gasteiger partial charge in [-0.2, -0.15) is 0 Å². The maximum atomic E-state index is 12.2. The molecule has 4 heteroatoms. The van der Waals surface area contributed by atoms with Gasteiger partial charge in [-0.25, -0.2) is 9.59 Å². The zero-order valence-electron chi connectivity index (χ0n) is 13.5. The van der Waals surface area contributed by atoms with Crippen LogP contribution in [0.2, 0.25) is 0 Å². The number of rotatable bonds is 6. The van der Waals surface area contributed by atoms with Crippen molar-refractivity contribution in [3.05, 3.63) is 23.3 Å². The van der Waals surface area contributed by atoms with Crippen LogP contribution in [0.3, 0.4) is 0 Å². The molecule has 1 aliphatic rings. The zero-order valence-corrected chi connectivity index (χ0v) is 13.5. The van der Waals surface area contributed by atoms with Crippen LogP contribution in [-0.2, 0) is 19.1 Å². The van der Waals surface area contributed by atoms with Gasteiger partial charge in [0.25, 0.3) is 0 Å². The monoisotopic (exact) mass is 294 g/mol. The Morgan fingerprint density at radius 1 is 1.10 bits per heavy atom. The van der Waals surface area contributed by atoms with E-state index in [0.717, 1.165) is 19.3 Å². The zero-order chi connectivity index (χ0) is 15.9. The molecule has 0 aromatic rings. The Bertz CT molecular complexity index is 444. The number of esters is 2. The summed E-state index contributed by atoms with van der Waals surface area (Å²) in [5.74, 6) is -0.836. The molecule has 0 aliphatic heterocycles. The first kappa shape index (κ1) is 17.5. The molecule has 21 heavy (non-hydrogen) atoms. The normalized spacial score (nSPS) is 17.3. The van der Waals surface area contributed by atoms with Crippen molar-refractivity contribution >= 4 is 11.9 Å². The molecule has 0 aromatic carbocycles. The summed E-state index contributed by atoms with van der Waals surface area (Å²) < 4.78 is 10.4. The van der Waals surface area contributed by atoms with Crippen LogP contribution in [-0.4, -0.2) is 25.2 Å². The average Bonchev–Trinajstić information content (AvgIpc) is 2.60. The van der Waals surface area contributed by atoms with E-state index >= 15 is 0 Å². The van der Waals surface area contributed by atoms with Gasteiger partial charge in [0.2, 0.25) is 0 Å². The highest BCUT2D eigenvalue weighted by atomic mass is 16.5. The first-order valence-electron chi connectivity index (χ1n) is 7.68. The Balaban J connectivity index is 3.02. The van der Waals surface area contributed by atoms with Crippen LogP contribution in [0.5, 0.6) is 0 Å². The minimum Gasteiger partial charge on any atom is -0.462 e. The number of hydrogen-bond acceptors (Lipinski definition) is 4. The molecule has 0 unspecified atom stereocenters. The highest BCUT2D eigenvalue weighted by Gasteiger charge is 2.27. The van der Waals surface area contributed by atoms with Crippen molar-refractivity contribution in [3.63, 3.8) is 0 Å². The molecule has 1 aliphatic carbocycles. The van der Waals surface area contributed by atoms with Crippen molar-refractivity contribution in [2.75, 3.05) is 13.2 Å². The van der Waals surface area contributed by atoms with Gasteiger partial charge in [-0.05, 0) is 31.1 Å². The molecule has 118 valence electrons. The van der Waals surface area contributed by atoms with Gasteiger partial charge in [-0.3, -0.25) is 0 Å². The van der Waals surface area contributed by atoms with Crippen LogP contribution < -0.4 is 0 Å². The molecular formula is C17H26O4. The smallest absolute Gasteiger partial charge is 0.338 e. The second-order valence-electron chi connectivity index (χ2n) is 5.99. The number of allylic oxidation sites excluding steroid dienone is 1. The summed E-state index contributed by atoms with van der Waals surface area (Å²) in [6.45, 7) is 8.76. The molecular weight excluding hydrogens is 268 g/mol. The van der Waals surface area contributed by atoms with Crippen LogP contribution in [0.25, 0.3) is 0 Å². The Kier molecular flexibility index (Phi) is 6.66. The SMILES string of the molecule is CCCOC(=O)C1=C(C(=O)OCCC)CCC(C)(C)C=C1. The summed E-state index contributed by atoms with van der Waals surface area (Å²) in [4.78, 5) is 24.4. The fraction of sp³-hybridized carbons (Fsp3) is 0.647. The third-order valence-corrected chi connectivity index (χ3v) is 3.39. The van der Waals surface area contributed by atoms with Crippen molar-refractivity contribution in [3.8, 4) is 0 Å². The van der Waals surface area contributed by atoms with Gasteiger partial charge in [0.05, 0.1) is 24.4 Å². The standard InChI is InChI=1S/C17H26O4/c1-5-11-20-15(18)13-7-9-17(3,4)10-8-14(13)16(19)21-12-6-2/h7,9H,5-6,8,10-12H2,1-4H3. The molecule has 0 radical (unpaired) electrons. The van der Waals surface area contributed by atoms with Gasteiger partial charge >= 0.3 is 11.9 Å². The Morgan fingerprint density at radius 2 is 1.67 bits per heavy atom. The molecule has 0 saturated heterocycles. The topological polar surface area (TPSA) is 52.6 Å². The summed E-state index contributed by atoms with van der Waals surface area (Å²) in [5, 5.41) is 0. The Labute approximate surface area is 127 Å². The van der Waals surface area contributed by atoms with Crippen LogP contribution in [0.4, 0.5) is 0 Å². The second kappa shape index (κ2) is 8.01. The molecule has 0 saturated carbocycles. The average molecular weight is 294 g/mol. The van der Waals surface area contributed by atoms with Crippen LogP contribution in [0.15, 0.2) is 23.3 Å². The fourth-order valence-corrected chi connectivity index (χ4v) is 2.03. The first-order chi connectivity index (χ1) is 9.91. The van der Waals surface area contributed by atoms with E-state index in [2.05, 4.69) is 13.8 Å². The molecule has 0 fully saturated rings. The van der Waals surface area contributed by atoms with E-state index in [-0.39, 0.29) is 5.41 Å². The second-order valence-corrected chi connectivity index (χ2v) is 5.99. The minimum absolute atomic E-state index is 0.0525. The van der Waals surface area contributed by atoms with Crippen molar-refractivity contribution in [1.82, 2.24) is 0 Å². The fourth-order valence-electron chi connectivity index (χ4n) is 2.03. The van der Waals surface area contributed by atoms with Gasteiger partial charge in [0, 0.05) is 0 Å². The maximum absolute atomic E-state index is 12.2. The lowest BCUT2D eigenvalue weighted by molar-refractivity contribution is -0.142. The van der Waals surface area contributed by atoms with E-state index in [1.54, 1.807) is 6.08 Å². The Hall–Kier alpha value is -1.58. The van der Waals surface area contributed by atoms with E-state index in [1.165, 1.54) is 0 Å². The third kappa shape index (κ3) is 5.37. The molecule has 0 amide bonds. The van der Waals surface area contributed by atoms with Gasteiger partial charge < -0.3 is 9.47 Å². The van der Waals surface area contributed by atoms with Gasteiger partial charge in [-0.1, -0.05) is 39.8 Å². The van der Waals surface area contributed by atoms with Gasteiger partial charge in [-0.15, -0.1) is 0 Å². The van der Waals surface area contributed by atoms with Crippen molar-refractivity contribution in [2.45, 2.75) is 53.4 Å². The quantitative estimate of drug-likeness (QED) is 0.703. The van der Waals surface area contributed by atoms with Crippen molar-refractivity contribution in [1.29, 1.82) is 0 Å². The lowest BCUT2D eigenvalue weighted by Crippen LogP contribution is -2.16. The van der Waals surface area contributed by atoms with Crippen LogP contribution in [0.1, 0.15) is 53.4 Å². The van der Waals surface area contributed by atoms with E-state index in [0.29, 0.717) is 30.8 Å². The molecule has 0 atom stereocenters. The number of ether oxygens (including phenoxy) is 2. The van der Waals surface area contributed by atoms with Gasteiger partial charge in [0.1, 0.15) is 0 Å². The molecule has 0 aromatic heterocycles. The maximum Gasteiger partial charge on any atom is 0.338 e. The lowest BCUT2D eigenvalue weighted by atomic mass is 9.87. The summed E-state index contributed by atoms with van der Waals surface area (Å²) >= 11 is 0. The van der Waals surface area contributed by atoms with Crippen molar-refractivity contribution in [2.24, 2.45) is 5.41 Å². The summed E-state index contributed by atoms with van der Waals surface area (Å²) in [6, 6.07) is 0. The number of hydrogen-bond donors (Lipinski definition) is 0. The summed E-state index contributed by atoms with van der Waals surface area (Å²) in [5.41, 5.74) is 0.727. The first-order valence-corrected chi connectivity index (χ1v) is 7.68. The molecule has 0 N–H and O–H groups in total. The van der Waals surface area contributed by atoms with Crippen LogP contribution in [0, 0.1) is 5.41 Å². The van der Waals surface area contributed by atoms with E-state index < -0.39 is 11.9 Å². The van der Waals surface area contributed by atoms with E-state index in [4.69, 9.17) is 9.47 Å². The number of carbonyl (C=O) groups is 2. The summed E-state index contributed by atoms with van der Waals surface area (Å²) in [6.07, 6.45) is 6.52. The molecule has 0 bridgehead atoms. The van der Waals surface area contributed by atoms with Crippen LogP contribution >= 0.6 is 0 Å².